The summed E-state index contributed by atoms with van der Waals surface area (Å²) in [7, 11) is 1.55. The Labute approximate surface area is 194 Å². The van der Waals surface area contributed by atoms with E-state index in [4.69, 9.17) is 21.1 Å². The Morgan fingerprint density at radius 3 is 2.70 bits per heavy atom. The van der Waals surface area contributed by atoms with E-state index in [-0.39, 0.29) is 6.10 Å². The minimum atomic E-state index is -0.258. The van der Waals surface area contributed by atoms with E-state index in [1.807, 2.05) is 19.1 Å². The van der Waals surface area contributed by atoms with Crippen LogP contribution in [0.3, 0.4) is 0 Å². The smallest absolute Gasteiger partial charge is 0.227 e. The van der Waals surface area contributed by atoms with Crippen molar-refractivity contribution >= 4 is 23.2 Å². The highest BCUT2D eigenvalue weighted by Gasteiger charge is 2.13. The number of nitrogens with one attached hydrogen (secondary N) is 1. The maximum absolute atomic E-state index is 9.47. The molecule has 4 aromatic rings. The number of hydrogen-bond donors (Lipinski definition) is 1. The molecule has 2 aromatic heterocycles. The van der Waals surface area contributed by atoms with Crippen molar-refractivity contribution in [3.63, 3.8) is 0 Å². The zero-order valence-electron chi connectivity index (χ0n) is 17.8. The lowest BCUT2D eigenvalue weighted by atomic mass is 10.1. The lowest BCUT2D eigenvalue weighted by Gasteiger charge is -2.16. The van der Waals surface area contributed by atoms with Crippen LogP contribution in [0.15, 0.2) is 55.1 Å². The molecule has 0 fully saturated rings. The molecule has 33 heavy (non-hydrogen) atoms. The average Bonchev–Trinajstić information content (AvgIpc) is 3.32. The number of nitriles is 1. The fraction of sp³-hybridized carbons (Fsp3) is 0.182. The van der Waals surface area contributed by atoms with E-state index < -0.39 is 0 Å². The molecule has 10 nitrogen and oxygen atoms in total. The zero-order chi connectivity index (χ0) is 23.2. The summed E-state index contributed by atoms with van der Waals surface area (Å²) >= 11 is 6.16. The first-order valence-corrected chi connectivity index (χ1v) is 10.3. The number of anilines is 2. The summed E-state index contributed by atoms with van der Waals surface area (Å²) in [5.41, 5.74) is 2.66. The van der Waals surface area contributed by atoms with Crippen LogP contribution in [0.1, 0.15) is 12.5 Å². The van der Waals surface area contributed by atoms with Crippen LogP contribution in [0.4, 0.5) is 11.6 Å². The molecule has 0 saturated heterocycles. The molecule has 0 aliphatic heterocycles. The topological polar surface area (TPSA) is 124 Å². The highest BCUT2D eigenvalue weighted by atomic mass is 35.5. The zero-order valence-corrected chi connectivity index (χ0v) is 18.6. The molecule has 2 heterocycles. The summed E-state index contributed by atoms with van der Waals surface area (Å²) in [6.07, 6.45) is 4.61. The fourth-order valence-corrected chi connectivity index (χ4v) is 3.40. The van der Waals surface area contributed by atoms with Crippen molar-refractivity contribution in [3.05, 3.63) is 65.7 Å². The first kappa shape index (κ1) is 22.0. The maximum Gasteiger partial charge on any atom is 0.227 e. The molecule has 0 aliphatic rings. The standard InChI is InChI=1S/C22H19ClN8O2/c1-14(12-31-13-27-29-30-31)33-20-8-15(6-7-16(20)9-24)17-10-25-22(26-11-17)28-19-5-3-4-18(23)21(19)32-2/h3-8,10-11,13-14H,12H2,1-2H3,(H,25,26,28). The second kappa shape index (κ2) is 9.93. The van der Waals surface area contributed by atoms with Crippen LogP contribution in [0.5, 0.6) is 11.5 Å². The van der Waals surface area contributed by atoms with Gasteiger partial charge in [0.1, 0.15) is 24.3 Å². The van der Waals surface area contributed by atoms with Crippen LogP contribution < -0.4 is 14.8 Å². The van der Waals surface area contributed by atoms with Gasteiger partial charge in [0, 0.05) is 18.0 Å². The van der Waals surface area contributed by atoms with Gasteiger partial charge in [-0.3, -0.25) is 0 Å². The number of nitrogens with zero attached hydrogens (tertiary/aromatic N) is 7. The van der Waals surface area contributed by atoms with Gasteiger partial charge < -0.3 is 14.8 Å². The molecule has 1 atom stereocenters. The number of halogens is 1. The number of aromatic nitrogens is 6. The molecule has 0 aliphatic carbocycles. The van der Waals surface area contributed by atoms with Gasteiger partial charge in [-0.25, -0.2) is 14.6 Å². The Hall–Kier alpha value is -4.23. The third kappa shape index (κ3) is 5.16. The van der Waals surface area contributed by atoms with Crippen LogP contribution in [0.25, 0.3) is 11.1 Å². The van der Waals surface area contributed by atoms with E-state index in [1.54, 1.807) is 48.5 Å². The molecule has 0 bridgehead atoms. The van der Waals surface area contributed by atoms with Gasteiger partial charge in [0.25, 0.3) is 0 Å². The second-order valence-electron chi connectivity index (χ2n) is 7.02. The molecule has 166 valence electrons. The van der Waals surface area contributed by atoms with Crippen molar-refractivity contribution in [3.8, 4) is 28.7 Å². The molecule has 1 N–H and O–H groups in total. The fourth-order valence-electron chi connectivity index (χ4n) is 3.15. The molecule has 0 radical (unpaired) electrons. The number of ether oxygens (including phenoxy) is 2. The third-order valence-corrected chi connectivity index (χ3v) is 4.97. The van der Waals surface area contributed by atoms with Gasteiger partial charge in [0.15, 0.2) is 5.75 Å². The Morgan fingerprint density at radius 2 is 2.00 bits per heavy atom. The highest BCUT2D eigenvalue weighted by Crippen LogP contribution is 2.34. The number of rotatable bonds is 8. The predicted octanol–water partition coefficient (Wildman–Crippen LogP) is 3.87. The Balaban J connectivity index is 1.52. The van der Waals surface area contributed by atoms with Crippen LogP contribution in [-0.4, -0.2) is 43.4 Å². The Bertz CT molecular complexity index is 1270. The Morgan fingerprint density at radius 1 is 1.18 bits per heavy atom. The molecular weight excluding hydrogens is 444 g/mol. The molecule has 0 saturated carbocycles. The van der Waals surface area contributed by atoms with Gasteiger partial charge in [-0.05, 0) is 47.2 Å². The van der Waals surface area contributed by atoms with E-state index in [9.17, 15) is 5.26 Å². The number of methoxy groups -OCH3 is 1. The molecule has 4 rings (SSSR count). The molecule has 1 unspecified atom stereocenters. The van der Waals surface area contributed by atoms with Crippen molar-refractivity contribution in [1.29, 1.82) is 5.26 Å². The van der Waals surface area contributed by atoms with Crippen molar-refractivity contribution < 1.29 is 9.47 Å². The molecule has 2 aromatic carbocycles. The average molecular weight is 463 g/mol. The minimum absolute atomic E-state index is 0.258. The lowest BCUT2D eigenvalue weighted by molar-refractivity contribution is 0.192. The largest absolute Gasteiger partial charge is 0.493 e. The van der Waals surface area contributed by atoms with Crippen molar-refractivity contribution in [2.45, 2.75) is 19.6 Å². The first-order chi connectivity index (χ1) is 16.1. The molecular formula is C22H19ClN8O2. The summed E-state index contributed by atoms with van der Waals surface area (Å²) in [5.74, 6) is 1.36. The summed E-state index contributed by atoms with van der Waals surface area (Å²) in [5, 5.41) is 24.1. The van der Waals surface area contributed by atoms with E-state index in [1.165, 1.54) is 6.33 Å². The van der Waals surface area contributed by atoms with Gasteiger partial charge in [0.05, 0.1) is 29.9 Å². The summed E-state index contributed by atoms with van der Waals surface area (Å²) < 4.78 is 12.9. The van der Waals surface area contributed by atoms with Gasteiger partial charge in [-0.1, -0.05) is 23.7 Å². The van der Waals surface area contributed by atoms with E-state index in [2.05, 4.69) is 36.9 Å². The monoisotopic (exact) mass is 462 g/mol. The molecule has 11 heteroatoms. The second-order valence-corrected chi connectivity index (χ2v) is 7.43. The number of hydrogen-bond acceptors (Lipinski definition) is 9. The van der Waals surface area contributed by atoms with Crippen molar-refractivity contribution in [1.82, 2.24) is 30.2 Å². The normalized spacial score (nSPS) is 11.5. The predicted molar refractivity (Wildman–Crippen MR) is 121 cm³/mol. The summed E-state index contributed by atoms with van der Waals surface area (Å²) in [6, 6.07) is 12.8. The molecule has 0 amide bonds. The van der Waals surface area contributed by atoms with Crippen molar-refractivity contribution in [2.75, 3.05) is 12.4 Å². The highest BCUT2D eigenvalue weighted by molar-refractivity contribution is 6.32. The lowest BCUT2D eigenvalue weighted by Crippen LogP contribution is -2.20. The summed E-state index contributed by atoms with van der Waals surface area (Å²) in [4.78, 5) is 8.77. The van der Waals surface area contributed by atoms with E-state index >= 15 is 0 Å². The van der Waals surface area contributed by atoms with Gasteiger partial charge in [-0.15, -0.1) is 5.10 Å². The first-order valence-electron chi connectivity index (χ1n) is 9.91. The van der Waals surface area contributed by atoms with E-state index in [0.717, 1.165) is 11.1 Å². The van der Waals surface area contributed by atoms with Crippen LogP contribution in [-0.2, 0) is 6.54 Å². The van der Waals surface area contributed by atoms with Gasteiger partial charge in [0.2, 0.25) is 5.95 Å². The van der Waals surface area contributed by atoms with Crippen LogP contribution in [0, 0.1) is 11.3 Å². The number of benzene rings is 2. The number of para-hydroxylation sites is 1. The quantitative estimate of drug-likeness (QED) is 0.415. The van der Waals surface area contributed by atoms with Gasteiger partial charge in [-0.2, -0.15) is 5.26 Å². The van der Waals surface area contributed by atoms with Crippen molar-refractivity contribution in [2.24, 2.45) is 0 Å². The SMILES string of the molecule is COc1c(Cl)cccc1Nc1ncc(-c2ccc(C#N)c(OC(C)Cn3cnnn3)c2)cn1. The summed E-state index contributed by atoms with van der Waals surface area (Å²) in [6.45, 7) is 2.32. The number of tetrazole rings is 1. The third-order valence-electron chi connectivity index (χ3n) is 4.67. The van der Waals surface area contributed by atoms with E-state index in [0.29, 0.717) is 40.3 Å². The van der Waals surface area contributed by atoms with Crippen LogP contribution in [0.2, 0.25) is 5.02 Å². The molecule has 0 spiro atoms. The van der Waals surface area contributed by atoms with Crippen LogP contribution >= 0.6 is 11.6 Å². The minimum Gasteiger partial charge on any atom is -0.493 e. The Kier molecular flexibility index (Phi) is 6.61. The van der Waals surface area contributed by atoms with Gasteiger partial charge >= 0.3 is 0 Å². The maximum atomic E-state index is 9.47.